The van der Waals surface area contributed by atoms with Crippen molar-refractivity contribution in [1.82, 2.24) is 9.59 Å². The van der Waals surface area contributed by atoms with E-state index in [0.717, 1.165) is 29.8 Å². The topological polar surface area (TPSA) is 46.0 Å². The molecule has 4 heteroatoms. The van der Waals surface area contributed by atoms with Crippen molar-refractivity contribution in [1.29, 1.82) is 0 Å². The molecule has 0 fully saturated rings. The number of aliphatic hydroxyl groups is 1. The molecule has 0 aliphatic heterocycles. The quantitative estimate of drug-likeness (QED) is 0.830. The summed E-state index contributed by atoms with van der Waals surface area (Å²) in [6, 6.07) is 0. The van der Waals surface area contributed by atoms with Gasteiger partial charge < -0.3 is 5.11 Å². The van der Waals surface area contributed by atoms with Crippen LogP contribution in [0.5, 0.6) is 0 Å². The van der Waals surface area contributed by atoms with Gasteiger partial charge in [0.2, 0.25) is 0 Å². The first-order chi connectivity index (χ1) is 7.60. The second kappa shape index (κ2) is 6.30. The SMILES string of the molecule is CCC(CC)CC(O)c1snnc1C(C)C. The van der Waals surface area contributed by atoms with Crippen LogP contribution in [0.1, 0.15) is 69.6 Å². The Morgan fingerprint density at radius 1 is 1.25 bits per heavy atom. The minimum atomic E-state index is -0.387. The van der Waals surface area contributed by atoms with Gasteiger partial charge in [0.05, 0.1) is 16.7 Å². The molecule has 1 N–H and O–H groups in total. The zero-order valence-corrected chi connectivity index (χ0v) is 11.4. The van der Waals surface area contributed by atoms with Gasteiger partial charge in [-0.15, -0.1) is 5.10 Å². The lowest BCUT2D eigenvalue weighted by Gasteiger charge is -2.17. The van der Waals surface area contributed by atoms with Gasteiger partial charge in [-0.05, 0) is 29.8 Å². The maximum absolute atomic E-state index is 10.2. The van der Waals surface area contributed by atoms with E-state index in [2.05, 4.69) is 37.3 Å². The van der Waals surface area contributed by atoms with E-state index >= 15 is 0 Å². The summed E-state index contributed by atoms with van der Waals surface area (Å²) in [6.07, 6.45) is 2.69. The van der Waals surface area contributed by atoms with Gasteiger partial charge in [0.15, 0.2) is 0 Å². The first-order valence-corrected chi connectivity index (χ1v) is 6.87. The van der Waals surface area contributed by atoms with Crippen molar-refractivity contribution in [3.05, 3.63) is 10.6 Å². The van der Waals surface area contributed by atoms with E-state index in [-0.39, 0.29) is 6.10 Å². The lowest BCUT2D eigenvalue weighted by Crippen LogP contribution is -2.07. The molecule has 0 spiro atoms. The summed E-state index contributed by atoms with van der Waals surface area (Å²) in [5.74, 6) is 0.933. The molecule has 1 rings (SSSR count). The van der Waals surface area contributed by atoms with Crippen LogP contribution >= 0.6 is 11.5 Å². The van der Waals surface area contributed by atoms with E-state index in [1.807, 2.05) is 0 Å². The molecule has 1 aromatic heterocycles. The molecule has 0 saturated carbocycles. The molecule has 1 heterocycles. The molecule has 16 heavy (non-hydrogen) atoms. The average Bonchev–Trinajstić information content (AvgIpc) is 2.74. The first-order valence-electron chi connectivity index (χ1n) is 6.10. The van der Waals surface area contributed by atoms with E-state index in [9.17, 15) is 5.11 Å². The second-order valence-corrected chi connectivity index (χ2v) is 5.40. The molecule has 1 unspecified atom stereocenters. The van der Waals surface area contributed by atoms with E-state index in [1.165, 1.54) is 11.5 Å². The van der Waals surface area contributed by atoms with Gasteiger partial charge in [0.1, 0.15) is 0 Å². The molecule has 0 amide bonds. The van der Waals surface area contributed by atoms with Gasteiger partial charge in [-0.3, -0.25) is 0 Å². The highest BCUT2D eigenvalue weighted by atomic mass is 32.1. The lowest BCUT2D eigenvalue weighted by atomic mass is 9.94. The Bertz CT molecular complexity index is 308. The summed E-state index contributed by atoms with van der Waals surface area (Å²) in [5, 5.41) is 14.3. The van der Waals surface area contributed by atoms with Crippen molar-refractivity contribution >= 4 is 11.5 Å². The highest BCUT2D eigenvalue weighted by molar-refractivity contribution is 7.05. The summed E-state index contributed by atoms with van der Waals surface area (Å²) < 4.78 is 3.96. The van der Waals surface area contributed by atoms with Crippen LogP contribution in [-0.4, -0.2) is 14.7 Å². The van der Waals surface area contributed by atoms with Gasteiger partial charge in [0.25, 0.3) is 0 Å². The van der Waals surface area contributed by atoms with Gasteiger partial charge in [-0.2, -0.15) is 0 Å². The first kappa shape index (κ1) is 13.6. The Hall–Kier alpha value is -0.480. The fourth-order valence-corrected chi connectivity index (χ4v) is 2.69. The third-order valence-corrected chi connectivity index (χ3v) is 3.94. The molecular formula is C12H22N2OS. The smallest absolute Gasteiger partial charge is 0.0919 e. The highest BCUT2D eigenvalue weighted by Crippen LogP contribution is 2.31. The number of aliphatic hydroxyl groups excluding tert-OH is 1. The average molecular weight is 242 g/mol. The van der Waals surface area contributed by atoms with Crippen LogP contribution in [0.3, 0.4) is 0 Å². The maximum Gasteiger partial charge on any atom is 0.0919 e. The number of rotatable bonds is 6. The van der Waals surface area contributed by atoms with Crippen LogP contribution < -0.4 is 0 Å². The largest absolute Gasteiger partial charge is 0.387 e. The second-order valence-electron chi connectivity index (χ2n) is 4.61. The Labute approximate surface area is 102 Å². The molecule has 0 aromatic carbocycles. The molecule has 0 radical (unpaired) electrons. The van der Waals surface area contributed by atoms with E-state index in [1.54, 1.807) is 0 Å². The molecule has 0 bridgehead atoms. The summed E-state index contributed by atoms with van der Waals surface area (Å²) in [5.41, 5.74) is 0.962. The number of hydrogen-bond acceptors (Lipinski definition) is 4. The minimum absolute atomic E-state index is 0.338. The van der Waals surface area contributed by atoms with Crippen LogP contribution in [-0.2, 0) is 0 Å². The minimum Gasteiger partial charge on any atom is -0.387 e. The molecule has 1 aromatic rings. The summed E-state index contributed by atoms with van der Waals surface area (Å²) in [4.78, 5) is 0.960. The van der Waals surface area contributed by atoms with Gasteiger partial charge in [0, 0.05) is 0 Å². The van der Waals surface area contributed by atoms with Crippen LogP contribution in [0.15, 0.2) is 0 Å². The van der Waals surface area contributed by atoms with Crippen molar-refractivity contribution < 1.29 is 5.11 Å². The third kappa shape index (κ3) is 3.25. The van der Waals surface area contributed by atoms with Gasteiger partial charge >= 0.3 is 0 Å². The van der Waals surface area contributed by atoms with Gasteiger partial charge in [-0.1, -0.05) is 45.0 Å². The summed E-state index contributed by atoms with van der Waals surface area (Å²) >= 11 is 1.34. The molecule has 92 valence electrons. The molecule has 3 nitrogen and oxygen atoms in total. The Morgan fingerprint density at radius 3 is 2.38 bits per heavy atom. The van der Waals surface area contributed by atoms with Crippen molar-refractivity contribution in [3.63, 3.8) is 0 Å². The fraction of sp³-hybridized carbons (Fsp3) is 0.833. The third-order valence-electron chi connectivity index (χ3n) is 3.10. The van der Waals surface area contributed by atoms with Crippen LogP contribution in [0, 0.1) is 5.92 Å². The molecule has 0 aliphatic carbocycles. The number of aromatic nitrogens is 2. The highest BCUT2D eigenvalue weighted by Gasteiger charge is 2.21. The predicted molar refractivity (Wildman–Crippen MR) is 67.6 cm³/mol. The van der Waals surface area contributed by atoms with Crippen LogP contribution in [0.25, 0.3) is 0 Å². The molecule has 0 saturated heterocycles. The standard InChI is InChI=1S/C12H22N2OS/c1-5-9(6-2)7-10(15)12-11(8(3)4)13-14-16-12/h8-10,15H,5-7H2,1-4H3. The maximum atomic E-state index is 10.2. The molecule has 1 atom stereocenters. The van der Waals surface area contributed by atoms with Crippen molar-refractivity contribution in [3.8, 4) is 0 Å². The van der Waals surface area contributed by atoms with Crippen molar-refractivity contribution in [2.75, 3.05) is 0 Å². The number of hydrogen-bond donors (Lipinski definition) is 1. The van der Waals surface area contributed by atoms with Crippen molar-refractivity contribution in [2.24, 2.45) is 5.92 Å². The van der Waals surface area contributed by atoms with E-state index < -0.39 is 0 Å². The normalized spacial score (nSPS) is 13.7. The Balaban J connectivity index is 2.72. The fourth-order valence-electron chi connectivity index (χ4n) is 1.88. The van der Waals surface area contributed by atoms with E-state index in [4.69, 9.17) is 0 Å². The van der Waals surface area contributed by atoms with Crippen LogP contribution in [0.4, 0.5) is 0 Å². The lowest BCUT2D eigenvalue weighted by molar-refractivity contribution is 0.143. The Kier molecular flexibility index (Phi) is 5.35. The molecular weight excluding hydrogens is 220 g/mol. The summed E-state index contributed by atoms with van der Waals surface area (Å²) in [7, 11) is 0. The monoisotopic (exact) mass is 242 g/mol. The Morgan fingerprint density at radius 2 is 1.88 bits per heavy atom. The zero-order valence-electron chi connectivity index (χ0n) is 10.6. The van der Waals surface area contributed by atoms with E-state index in [0.29, 0.717) is 11.8 Å². The molecule has 0 aliphatic rings. The number of nitrogens with zero attached hydrogens (tertiary/aromatic N) is 2. The predicted octanol–water partition coefficient (Wildman–Crippen LogP) is 3.52. The van der Waals surface area contributed by atoms with Crippen molar-refractivity contribution in [2.45, 2.75) is 59.0 Å². The van der Waals surface area contributed by atoms with Gasteiger partial charge in [-0.25, -0.2) is 0 Å². The summed E-state index contributed by atoms with van der Waals surface area (Å²) in [6.45, 7) is 8.53. The zero-order chi connectivity index (χ0) is 12.1. The van der Waals surface area contributed by atoms with Crippen LogP contribution in [0.2, 0.25) is 0 Å².